The van der Waals surface area contributed by atoms with E-state index in [9.17, 15) is 4.79 Å². The maximum Gasteiger partial charge on any atom is 0.251 e. The highest BCUT2D eigenvalue weighted by Crippen LogP contribution is 2.28. The highest BCUT2D eigenvalue weighted by molar-refractivity contribution is 5.94. The van der Waals surface area contributed by atoms with Crippen molar-refractivity contribution >= 4 is 5.91 Å². The number of rotatable bonds is 8. The first-order valence-corrected chi connectivity index (χ1v) is 10.1. The Morgan fingerprint density at radius 2 is 1.60 bits per heavy atom. The van der Waals surface area contributed by atoms with Gasteiger partial charge < -0.3 is 24.4 Å². The van der Waals surface area contributed by atoms with Gasteiger partial charge >= 0.3 is 0 Å². The molecule has 1 amide bonds. The Bertz CT molecular complexity index is 833. The molecule has 1 heterocycles. The van der Waals surface area contributed by atoms with E-state index in [-0.39, 0.29) is 11.9 Å². The Labute approximate surface area is 178 Å². The molecule has 7 nitrogen and oxygen atoms in total. The second-order valence-corrected chi connectivity index (χ2v) is 7.41. The van der Waals surface area contributed by atoms with E-state index in [0.717, 1.165) is 37.5 Å². The molecule has 1 atom stereocenters. The maximum absolute atomic E-state index is 12.8. The Balaban J connectivity index is 1.74. The lowest BCUT2D eigenvalue weighted by molar-refractivity contribution is 0.0886. The molecular weight excluding hydrogens is 382 g/mol. The number of piperazine rings is 1. The summed E-state index contributed by atoms with van der Waals surface area (Å²) >= 11 is 0. The van der Waals surface area contributed by atoms with Crippen LogP contribution < -0.4 is 19.5 Å². The van der Waals surface area contributed by atoms with Gasteiger partial charge in [0.2, 0.25) is 0 Å². The lowest BCUT2D eigenvalue weighted by atomic mass is 10.0. The summed E-state index contributed by atoms with van der Waals surface area (Å²) in [5.74, 6) is 1.83. The van der Waals surface area contributed by atoms with Crippen molar-refractivity contribution < 1.29 is 19.0 Å². The first-order valence-electron chi connectivity index (χ1n) is 10.1. The van der Waals surface area contributed by atoms with E-state index in [4.69, 9.17) is 14.2 Å². The number of amides is 1. The van der Waals surface area contributed by atoms with Crippen LogP contribution in [0.5, 0.6) is 17.2 Å². The average Bonchev–Trinajstić information content (AvgIpc) is 2.80. The molecule has 1 aliphatic rings. The quantitative estimate of drug-likeness (QED) is 0.717. The summed E-state index contributed by atoms with van der Waals surface area (Å²) in [6, 6.07) is 13.4. The fourth-order valence-electron chi connectivity index (χ4n) is 3.69. The zero-order chi connectivity index (χ0) is 21.5. The number of nitrogens with one attached hydrogen (secondary N) is 1. The first-order chi connectivity index (χ1) is 14.5. The predicted octanol–water partition coefficient (Wildman–Crippen LogP) is 2.43. The van der Waals surface area contributed by atoms with Crippen molar-refractivity contribution in [1.29, 1.82) is 0 Å². The molecular formula is C23H31N3O4. The van der Waals surface area contributed by atoms with E-state index in [1.54, 1.807) is 39.5 Å². The van der Waals surface area contributed by atoms with Gasteiger partial charge in [0, 0.05) is 38.3 Å². The van der Waals surface area contributed by atoms with Gasteiger partial charge in [-0.2, -0.15) is 0 Å². The molecule has 162 valence electrons. The summed E-state index contributed by atoms with van der Waals surface area (Å²) in [5.41, 5.74) is 1.70. The first kappa shape index (κ1) is 21.9. The molecule has 0 aliphatic carbocycles. The SMILES string of the molecule is COc1ccc([C@@H](CNC(=O)c2ccc(OC)c(OC)c2)N2CCN(C)CC2)cc1. The molecule has 30 heavy (non-hydrogen) atoms. The normalized spacial score (nSPS) is 16.0. The number of carbonyl (C=O) groups excluding carboxylic acids is 1. The fourth-order valence-corrected chi connectivity index (χ4v) is 3.69. The van der Waals surface area contributed by atoms with Gasteiger partial charge in [-0.25, -0.2) is 0 Å². The lowest BCUT2D eigenvalue weighted by Gasteiger charge is -2.38. The third-order valence-electron chi connectivity index (χ3n) is 5.58. The highest BCUT2D eigenvalue weighted by Gasteiger charge is 2.25. The molecule has 0 spiro atoms. The van der Waals surface area contributed by atoms with Gasteiger partial charge in [0.1, 0.15) is 5.75 Å². The van der Waals surface area contributed by atoms with Crippen molar-refractivity contribution in [3.8, 4) is 17.2 Å². The van der Waals surface area contributed by atoms with Gasteiger partial charge in [-0.05, 0) is 42.9 Å². The minimum atomic E-state index is -0.136. The molecule has 0 aromatic heterocycles. The van der Waals surface area contributed by atoms with Crippen molar-refractivity contribution in [2.24, 2.45) is 0 Å². The lowest BCUT2D eigenvalue weighted by Crippen LogP contribution is -2.48. The number of ether oxygens (including phenoxy) is 3. The van der Waals surface area contributed by atoms with E-state index in [1.807, 2.05) is 12.1 Å². The second-order valence-electron chi connectivity index (χ2n) is 7.41. The largest absolute Gasteiger partial charge is 0.497 e. The highest BCUT2D eigenvalue weighted by atomic mass is 16.5. The minimum absolute atomic E-state index is 0.0914. The van der Waals surface area contributed by atoms with Crippen molar-refractivity contribution in [2.45, 2.75) is 6.04 Å². The van der Waals surface area contributed by atoms with E-state index in [0.29, 0.717) is 23.6 Å². The molecule has 7 heteroatoms. The number of nitrogens with zero attached hydrogens (tertiary/aromatic N) is 2. The molecule has 1 N–H and O–H groups in total. The summed E-state index contributed by atoms with van der Waals surface area (Å²) in [6.45, 7) is 4.45. The predicted molar refractivity (Wildman–Crippen MR) is 117 cm³/mol. The monoisotopic (exact) mass is 413 g/mol. The number of hydrogen-bond donors (Lipinski definition) is 1. The topological polar surface area (TPSA) is 63.3 Å². The number of hydrogen-bond acceptors (Lipinski definition) is 6. The van der Waals surface area contributed by atoms with E-state index >= 15 is 0 Å². The number of carbonyl (C=O) groups is 1. The summed E-state index contributed by atoms with van der Waals surface area (Å²) in [4.78, 5) is 17.6. The standard InChI is InChI=1S/C23H31N3O4/c1-25-11-13-26(14-12-25)20(17-5-8-19(28-2)9-6-17)16-24-23(27)18-7-10-21(29-3)22(15-18)30-4/h5-10,15,20H,11-14,16H2,1-4H3,(H,24,27)/t20-/m1/s1. The van der Waals surface area contributed by atoms with E-state index in [1.165, 1.54) is 0 Å². The van der Waals surface area contributed by atoms with E-state index in [2.05, 4.69) is 34.3 Å². The van der Waals surface area contributed by atoms with Gasteiger partial charge in [-0.1, -0.05) is 12.1 Å². The fraction of sp³-hybridized carbons (Fsp3) is 0.435. The molecule has 2 aromatic carbocycles. The number of methoxy groups -OCH3 is 3. The van der Waals surface area contributed by atoms with Crippen LogP contribution in [0.2, 0.25) is 0 Å². The van der Waals surface area contributed by atoms with Crippen LogP contribution in [0, 0.1) is 0 Å². The van der Waals surface area contributed by atoms with Gasteiger partial charge in [0.25, 0.3) is 5.91 Å². The Morgan fingerprint density at radius 1 is 0.933 bits per heavy atom. The zero-order valence-electron chi connectivity index (χ0n) is 18.2. The van der Waals surface area contributed by atoms with Gasteiger partial charge in [-0.3, -0.25) is 9.69 Å². The van der Waals surface area contributed by atoms with Crippen LogP contribution in [0.1, 0.15) is 22.0 Å². The van der Waals surface area contributed by atoms with Crippen LogP contribution in [0.25, 0.3) is 0 Å². The summed E-state index contributed by atoms with van der Waals surface area (Å²) in [5, 5.41) is 3.10. The van der Waals surface area contributed by atoms with Crippen molar-refractivity contribution in [3.63, 3.8) is 0 Å². The molecule has 1 saturated heterocycles. The Hall–Kier alpha value is -2.77. The van der Waals surface area contributed by atoms with Crippen molar-refractivity contribution in [3.05, 3.63) is 53.6 Å². The zero-order valence-corrected chi connectivity index (χ0v) is 18.2. The molecule has 3 rings (SSSR count). The molecule has 0 bridgehead atoms. The summed E-state index contributed by atoms with van der Waals surface area (Å²) in [6.07, 6.45) is 0. The third-order valence-corrected chi connectivity index (χ3v) is 5.58. The van der Waals surface area contributed by atoms with Crippen LogP contribution in [-0.2, 0) is 0 Å². The average molecular weight is 414 g/mol. The van der Waals surface area contributed by atoms with Gasteiger partial charge in [0.05, 0.1) is 27.4 Å². The molecule has 1 aliphatic heterocycles. The minimum Gasteiger partial charge on any atom is -0.497 e. The maximum atomic E-state index is 12.8. The van der Waals surface area contributed by atoms with Crippen molar-refractivity contribution in [1.82, 2.24) is 15.1 Å². The second kappa shape index (κ2) is 10.3. The smallest absolute Gasteiger partial charge is 0.251 e. The summed E-state index contributed by atoms with van der Waals surface area (Å²) < 4.78 is 15.9. The molecule has 1 fully saturated rings. The van der Waals surface area contributed by atoms with Gasteiger partial charge in [0.15, 0.2) is 11.5 Å². The molecule has 0 saturated carbocycles. The van der Waals surface area contributed by atoms with Crippen LogP contribution in [0.3, 0.4) is 0 Å². The van der Waals surface area contributed by atoms with Gasteiger partial charge in [-0.15, -0.1) is 0 Å². The Morgan fingerprint density at radius 3 is 2.20 bits per heavy atom. The Kier molecular flexibility index (Phi) is 7.54. The van der Waals surface area contributed by atoms with Crippen LogP contribution >= 0.6 is 0 Å². The number of likely N-dealkylation sites (N-methyl/N-ethyl adjacent to an activating group) is 1. The number of benzene rings is 2. The molecule has 2 aromatic rings. The van der Waals surface area contributed by atoms with Crippen LogP contribution in [-0.4, -0.2) is 76.8 Å². The summed E-state index contributed by atoms with van der Waals surface area (Å²) in [7, 11) is 6.94. The molecule has 0 unspecified atom stereocenters. The van der Waals surface area contributed by atoms with Crippen LogP contribution in [0.15, 0.2) is 42.5 Å². The van der Waals surface area contributed by atoms with Crippen LogP contribution in [0.4, 0.5) is 0 Å². The third kappa shape index (κ3) is 5.23. The van der Waals surface area contributed by atoms with E-state index < -0.39 is 0 Å². The molecule has 0 radical (unpaired) electrons. The van der Waals surface area contributed by atoms with Crippen molar-refractivity contribution in [2.75, 3.05) is 61.1 Å².